The number of aliphatic hydroxyl groups is 1. The van der Waals surface area contributed by atoms with Crippen molar-refractivity contribution in [1.82, 2.24) is 20.1 Å². The van der Waals surface area contributed by atoms with E-state index in [-0.39, 0.29) is 0 Å². The molecular formula is C14H16F3N5O2. The van der Waals surface area contributed by atoms with E-state index in [1.165, 1.54) is 0 Å². The SMILES string of the molecule is Cc1nc(-c2cccc(NC(=O)N(C)CC(O)C(F)(F)F)c2)n[nH]1. The van der Waals surface area contributed by atoms with Gasteiger partial charge in [-0.05, 0) is 19.1 Å². The fourth-order valence-corrected chi connectivity index (χ4v) is 1.87. The van der Waals surface area contributed by atoms with E-state index in [4.69, 9.17) is 5.11 Å². The number of aromatic nitrogens is 3. The molecule has 2 amide bonds. The highest BCUT2D eigenvalue weighted by Gasteiger charge is 2.39. The van der Waals surface area contributed by atoms with Crippen LogP contribution in [0.2, 0.25) is 0 Å². The van der Waals surface area contributed by atoms with Gasteiger partial charge in [0.25, 0.3) is 0 Å². The number of rotatable bonds is 4. The molecule has 0 bridgehead atoms. The maximum absolute atomic E-state index is 12.3. The van der Waals surface area contributed by atoms with Crippen molar-refractivity contribution in [2.75, 3.05) is 18.9 Å². The fourth-order valence-electron chi connectivity index (χ4n) is 1.87. The van der Waals surface area contributed by atoms with Crippen LogP contribution in [0.4, 0.5) is 23.7 Å². The first-order chi connectivity index (χ1) is 11.2. The minimum absolute atomic E-state index is 0.369. The second-order valence-electron chi connectivity index (χ2n) is 5.19. The third-order valence-corrected chi connectivity index (χ3v) is 3.14. The maximum Gasteiger partial charge on any atom is 0.416 e. The molecule has 1 aromatic heterocycles. The molecule has 0 radical (unpaired) electrons. The number of H-pyrrole nitrogens is 1. The van der Waals surface area contributed by atoms with Crippen LogP contribution in [0.25, 0.3) is 11.4 Å². The Bertz CT molecular complexity index is 716. The largest absolute Gasteiger partial charge is 0.416 e. The molecule has 7 nitrogen and oxygen atoms in total. The number of carbonyl (C=O) groups is 1. The molecule has 24 heavy (non-hydrogen) atoms. The van der Waals surface area contributed by atoms with Gasteiger partial charge in [-0.25, -0.2) is 9.78 Å². The van der Waals surface area contributed by atoms with Crippen LogP contribution in [0, 0.1) is 6.92 Å². The summed E-state index contributed by atoms with van der Waals surface area (Å²) in [5.74, 6) is 1.06. The predicted octanol–water partition coefficient (Wildman–Crippen LogP) is 2.17. The average Bonchev–Trinajstić information content (AvgIpc) is 2.93. The lowest BCUT2D eigenvalue weighted by atomic mass is 10.2. The molecule has 0 fully saturated rings. The summed E-state index contributed by atoms with van der Waals surface area (Å²) in [4.78, 5) is 16.8. The average molecular weight is 343 g/mol. The first kappa shape index (κ1) is 17.7. The second-order valence-corrected chi connectivity index (χ2v) is 5.19. The molecule has 1 atom stereocenters. The Morgan fingerprint density at radius 1 is 1.46 bits per heavy atom. The number of alkyl halides is 3. The number of aromatic amines is 1. The minimum atomic E-state index is -4.78. The summed E-state index contributed by atoms with van der Waals surface area (Å²) in [7, 11) is 1.16. The summed E-state index contributed by atoms with van der Waals surface area (Å²) in [6, 6.07) is 5.78. The molecule has 0 spiro atoms. The smallest absolute Gasteiger partial charge is 0.382 e. The van der Waals surface area contributed by atoms with Crippen molar-refractivity contribution in [3.63, 3.8) is 0 Å². The van der Waals surface area contributed by atoms with E-state index >= 15 is 0 Å². The van der Waals surface area contributed by atoms with Crippen LogP contribution in [-0.2, 0) is 0 Å². The van der Waals surface area contributed by atoms with Crippen molar-refractivity contribution in [2.45, 2.75) is 19.2 Å². The number of carbonyl (C=O) groups excluding carboxylic acids is 1. The van der Waals surface area contributed by atoms with Crippen LogP contribution in [-0.4, -0.2) is 57.1 Å². The summed E-state index contributed by atoms with van der Waals surface area (Å²) < 4.78 is 37.0. The summed E-state index contributed by atoms with van der Waals surface area (Å²) in [5, 5.41) is 18.1. The number of aliphatic hydroxyl groups excluding tert-OH is 1. The maximum atomic E-state index is 12.3. The zero-order valence-corrected chi connectivity index (χ0v) is 12.9. The van der Waals surface area contributed by atoms with Gasteiger partial charge in [-0.2, -0.15) is 18.3 Å². The van der Waals surface area contributed by atoms with E-state index in [9.17, 15) is 18.0 Å². The number of amides is 2. The van der Waals surface area contributed by atoms with Crippen molar-refractivity contribution in [1.29, 1.82) is 0 Å². The third kappa shape index (κ3) is 4.44. The number of halogens is 3. The van der Waals surface area contributed by atoms with Crippen LogP contribution in [0.15, 0.2) is 24.3 Å². The number of urea groups is 1. The van der Waals surface area contributed by atoms with Gasteiger partial charge in [0.1, 0.15) is 5.82 Å². The van der Waals surface area contributed by atoms with Crippen LogP contribution in [0.3, 0.4) is 0 Å². The normalized spacial score (nSPS) is 12.8. The second kappa shape index (κ2) is 6.87. The van der Waals surface area contributed by atoms with Crippen LogP contribution >= 0.6 is 0 Å². The molecule has 1 unspecified atom stereocenters. The molecule has 0 aliphatic rings. The highest BCUT2D eigenvalue weighted by Crippen LogP contribution is 2.21. The lowest BCUT2D eigenvalue weighted by Crippen LogP contribution is -2.43. The van der Waals surface area contributed by atoms with Crippen LogP contribution < -0.4 is 5.32 Å². The van der Waals surface area contributed by atoms with Crippen molar-refractivity contribution >= 4 is 11.7 Å². The van der Waals surface area contributed by atoms with Gasteiger partial charge in [0.2, 0.25) is 0 Å². The monoisotopic (exact) mass is 343 g/mol. The van der Waals surface area contributed by atoms with Gasteiger partial charge in [-0.3, -0.25) is 5.10 Å². The molecule has 0 saturated heterocycles. The molecule has 3 N–H and O–H groups in total. The minimum Gasteiger partial charge on any atom is -0.382 e. The zero-order valence-electron chi connectivity index (χ0n) is 12.9. The van der Waals surface area contributed by atoms with Crippen molar-refractivity contribution in [2.24, 2.45) is 0 Å². The molecule has 1 aromatic carbocycles. The van der Waals surface area contributed by atoms with Crippen LogP contribution in [0.5, 0.6) is 0 Å². The van der Waals surface area contributed by atoms with E-state index in [1.54, 1.807) is 31.2 Å². The van der Waals surface area contributed by atoms with Crippen molar-refractivity contribution < 1.29 is 23.1 Å². The topological polar surface area (TPSA) is 94.1 Å². The summed E-state index contributed by atoms with van der Waals surface area (Å²) in [6.45, 7) is 0.873. The number of likely N-dealkylation sites (N-methyl/N-ethyl adjacent to an activating group) is 1. The molecule has 130 valence electrons. The van der Waals surface area contributed by atoms with E-state index in [0.29, 0.717) is 22.9 Å². The molecule has 10 heteroatoms. The lowest BCUT2D eigenvalue weighted by Gasteiger charge is -2.22. The predicted molar refractivity (Wildman–Crippen MR) is 80.3 cm³/mol. The van der Waals surface area contributed by atoms with Gasteiger partial charge < -0.3 is 15.3 Å². The summed E-state index contributed by atoms with van der Waals surface area (Å²) in [6.07, 6.45) is -7.38. The number of hydrogen-bond acceptors (Lipinski definition) is 4. The van der Waals surface area contributed by atoms with Gasteiger partial charge in [-0.1, -0.05) is 12.1 Å². The number of benzene rings is 1. The Labute approximate surface area is 135 Å². The van der Waals surface area contributed by atoms with E-state index in [2.05, 4.69) is 20.5 Å². The zero-order chi connectivity index (χ0) is 17.9. The fraction of sp³-hybridized carbons (Fsp3) is 0.357. The van der Waals surface area contributed by atoms with E-state index in [1.807, 2.05) is 0 Å². The molecule has 0 aliphatic carbocycles. The molecule has 2 aromatic rings. The van der Waals surface area contributed by atoms with E-state index < -0.39 is 24.9 Å². The highest BCUT2D eigenvalue weighted by atomic mass is 19.4. The Hall–Kier alpha value is -2.62. The first-order valence-corrected chi connectivity index (χ1v) is 6.93. The first-order valence-electron chi connectivity index (χ1n) is 6.93. The standard InChI is InChI=1S/C14H16F3N5O2/c1-8-18-12(21-20-8)9-4-3-5-10(6-9)19-13(24)22(2)7-11(23)14(15,16)17/h3-6,11,23H,7H2,1-2H3,(H,19,24)(H,18,20,21). The number of anilines is 1. The lowest BCUT2D eigenvalue weighted by molar-refractivity contribution is -0.205. The molecule has 2 rings (SSSR count). The van der Waals surface area contributed by atoms with Crippen molar-refractivity contribution in [3.05, 3.63) is 30.1 Å². The van der Waals surface area contributed by atoms with Gasteiger partial charge >= 0.3 is 12.2 Å². The van der Waals surface area contributed by atoms with Gasteiger partial charge in [-0.15, -0.1) is 0 Å². The van der Waals surface area contributed by atoms with Gasteiger partial charge in [0, 0.05) is 18.3 Å². The molecule has 1 heterocycles. The number of hydrogen-bond donors (Lipinski definition) is 3. The summed E-state index contributed by atoms with van der Waals surface area (Å²) >= 11 is 0. The number of aryl methyl sites for hydroxylation is 1. The van der Waals surface area contributed by atoms with E-state index in [0.717, 1.165) is 11.9 Å². The Morgan fingerprint density at radius 3 is 2.75 bits per heavy atom. The molecule has 0 aliphatic heterocycles. The van der Waals surface area contributed by atoms with Crippen LogP contribution in [0.1, 0.15) is 5.82 Å². The Balaban J connectivity index is 2.04. The number of nitrogens with one attached hydrogen (secondary N) is 2. The van der Waals surface area contributed by atoms with Gasteiger partial charge in [0.15, 0.2) is 11.9 Å². The van der Waals surface area contributed by atoms with Crippen molar-refractivity contribution in [3.8, 4) is 11.4 Å². The Kier molecular flexibility index (Phi) is 5.07. The Morgan fingerprint density at radius 2 is 2.17 bits per heavy atom. The number of nitrogens with zero attached hydrogens (tertiary/aromatic N) is 3. The molecule has 0 saturated carbocycles. The summed E-state index contributed by atoms with van der Waals surface area (Å²) in [5.41, 5.74) is 1.00. The molecular weight excluding hydrogens is 327 g/mol. The quantitative estimate of drug-likeness (QED) is 0.793. The third-order valence-electron chi connectivity index (χ3n) is 3.14. The highest BCUT2D eigenvalue weighted by molar-refractivity contribution is 5.89. The van der Waals surface area contributed by atoms with Gasteiger partial charge in [0.05, 0.1) is 6.54 Å².